The molecule has 0 aromatic rings. The number of aldehydes is 1. The standard InChI is InChI=1S/C20H36N2O5Si/c1-14(13-23)17-16-9-8-15(22(16)19(25)27-20(2,3)4)12-21(17)18(24)26-10-11-28(5,6)7/h13-17H,8-12H2,1-7H3/t14-,15+,16-,17-/m0/s1. The van der Waals surface area contributed by atoms with Gasteiger partial charge < -0.3 is 19.2 Å². The van der Waals surface area contributed by atoms with Crippen molar-refractivity contribution in [2.75, 3.05) is 13.2 Å². The fourth-order valence-electron chi connectivity index (χ4n) is 4.02. The first-order valence-electron chi connectivity index (χ1n) is 10.2. The molecule has 0 radical (unpaired) electrons. The van der Waals surface area contributed by atoms with Gasteiger partial charge in [0.2, 0.25) is 0 Å². The van der Waals surface area contributed by atoms with Crippen LogP contribution in [0, 0.1) is 5.92 Å². The van der Waals surface area contributed by atoms with E-state index in [1.807, 2.05) is 20.8 Å². The summed E-state index contributed by atoms with van der Waals surface area (Å²) in [5.41, 5.74) is -0.588. The van der Waals surface area contributed by atoms with Gasteiger partial charge in [-0.05, 0) is 39.7 Å². The largest absolute Gasteiger partial charge is 0.450 e. The van der Waals surface area contributed by atoms with Crippen LogP contribution in [0.5, 0.6) is 0 Å². The first-order chi connectivity index (χ1) is 12.8. The summed E-state index contributed by atoms with van der Waals surface area (Å²) in [4.78, 5) is 40.6. The molecule has 2 heterocycles. The number of likely N-dealkylation sites (tertiary alicyclic amines) is 1. The van der Waals surface area contributed by atoms with Gasteiger partial charge in [0.15, 0.2) is 0 Å². The number of nitrogens with zero attached hydrogens (tertiary/aromatic N) is 2. The minimum atomic E-state index is -1.30. The Balaban J connectivity index is 2.16. The maximum Gasteiger partial charge on any atom is 0.410 e. The van der Waals surface area contributed by atoms with Crippen molar-refractivity contribution in [2.24, 2.45) is 5.92 Å². The zero-order valence-electron chi connectivity index (χ0n) is 18.4. The van der Waals surface area contributed by atoms with Gasteiger partial charge in [-0.25, -0.2) is 9.59 Å². The van der Waals surface area contributed by atoms with Crippen molar-refractivity contribution in [2.45, 2.75) is 89.9 Å². The highest BCUT2D eigenvalue weighted by Gasteiger charge is 2.52. The number of rotatable bonds is 5. The lowest BCUT2D eigenvalue weighted by molar-refractivity contribution is -0.114. The lowest BCUT2D eigenvalue weighted by Gasteiger charge is -2.47. The van der Waals surface area contributed by atoms with E-state index >= 15 is 0 Å². The molecule has 2 fully saturated rings. The number of fused-ring (bicyclic) bond motifs is 2. The van der Waals surface area contributed by atoms with Crippen LogP contribution in [0.2, 0.25) is 25.7 Å². The average molecular weight is 413 g/mol. The molecule has 0 aromatic carbocycles. The monoisotopic (exact) mass is 412 g/mol. The number of carbonyl (C=O) groups excluding carboxylic acids is 3. The van der Waals surface area contributed by atoms with Crippen LogP contribution in [0.3, 0.4) is 0 Å². The smallest absolute Gasteiger partial charge is 0.410 e. The third-order valence-electron chi connectivity index (χ3n) is 5.38. The Labute approximate surface area is 169 Å². The Hall–Kier alpha value is -1.57. The molecule has 0 N–H and O–H groups in total. The van der Waals surface area contributed by atoms with Gasteiger partial charge in [0.1, 0.15) is 11.9 Å². The fourth-order valence-corrected chi connectivity index (χ4v) is 4.74. The predicted octanol–water partition coefficient (Wildman–Crippen LogP) is 3.75. The van der Waals surface area contributed by atoms with Crippen LogP contribution in [0.1, 0.15) is 40.5 Å². The molecule has 0 unspecified atom stereocenters. The molecule has 2 rings (SSSR count). The summed E-state index contributed by atoms with van der Waals surface area (Å²) in [7, 11) is -1.30. The van der Waals surface area contributed by atoms with Gasteiger partial charge >= 0.3 is 12.2 Å². The topological polar surface area (TPSA) is 76.2 Å². The molecule has 2 amide bonds. The van der Waals surface area contributed by atoms with Crippen LogP contribution in [0.15, 0.2) is 0 Å². The van der Waals surface area contributed by atoms with Gasteiger partial charge in [0.05, 0.1) is 24.7 Å². The number of amides is 2. The number of hydrogen-bond acceptors (Lipinski definition) is 5. The van der Waals surface area contributed by atoms with Crippen LogP contribution in [-0.2, 0) is 14.3 Å². The summed E-state index contributed by atoms with van der Waals surface area (Å²) in [6.07, 6.45) is 1.67. The van der Waals surface area contributed by atoms with Crippen LogP contribution < -0.4 is 0 Å². The molecule has 2 aliphatic heterocycles. The lowest BCUT2D eigenvalue weighted by Crippen LogP contribution is -2.65. The van der Waals surface area contributed by atoms with Gasteiger partial charge in [0, 0.05) is 20.5 Å². The van der Waals surface area contributed by atoms with E-state index in [0.29, 0.717) is 13.2 Å². The molecule has 2 saturated heterocycles. The van der Waals surface area contributed by atoms with Crippen molar-refractivity contribution in [1.29, 1.82) is 0 Å². The molecule has 0 saturated carbocycles. The Morgan fingerprint density at radius 2 is 1.82 bits per heavy atom. The number of piperazine rings is 1. The lowest BCUT2D eigenvalue weighted by atomic mass is 9.92. The van der Waals surface area contributed by atoms with Gasteiger partial charge in [0.25, 0.3) is 0 Å². The molecule has 160 valence electrons. The van der Waals surface area contributed by atoms with E-state index in [1.165, 1.54) is 0 Å². The van der Waals surface area contributed by atoms with Crippen LogP contribution in [-0.4, -0.2) is 73.2 Å². The highest BCUT2D eigenvalue weighted by molar-refractivity contribution is 6.76. The minimum absolute atomic E-state index is 0.0977. The van der Waals surface area contributed by atoms with Crippen molar-refractivity contribution in [3.63, 3.8) is 0 Å². The Morgan fingerprint density at radius 3 is 2.36 bits per heavy atom. The molecule has 2 bridgehead atoms. The van der Waals surface area contributed by atoms with Crippen molar-refractivity contribution >= 4 is 26.5 Å². The van der Waals surface area contributed by atoms with Crippen molar-refractivity contribution in [3.05, 3.63) is 0 Å². The second-order valence-electron chi connectivity index (χ2n) is 10.2. The maximum absolute atomic E-state index is 12.8. The molecule has 0 aromatic heterocycles. The van der Waals surface area contributed by atoms with Crippen molar-refractivity contribution in [1.82, 2.24) is 9.80 Å². The minimum Gasteiger partial charge on any atom is -0.450 e. The first-order valence-corrected chi connectivity index (χ1v) is 13.9. The van der Waals surface area contributed by atoms with E-state index in [9.17, 15) is 14.4 Å². The van der Waals surface area contributed by atoms with Gasteiger partial charge in [-0.15, -0.1) is 0 Å². The normalized spacial score (nSPS) is 26.0. The third-order valence-corrected chi connectivity index (χ3v) is 7.08. The van der Waals surface area contributed by atoms with Gasteiger partial charge in [-0.3, -0.25) is 4.90 Å². The van der Waals surface area contributed by atoms with E-state index in [-0.39, 0.29) is 30.3 Å². The molecule has 2 aliphatic rings. The number of hydrogen-bond donors (Lipinski definition) is 0. The second-order valence-corrected chi connectivity index (χ2v) is 15.9. The summed E-state index contributed by atoms with van der Waals surface area (Å²) < 4.78 is 11.1. The van der Waals surface area contributed by atoms with E-state index in [1.54, 1.807) is 16.7 Å². The number of carbonyl (C=O) groups is 3. The molecule has 0 spiro atoms. The predicted molar refractivity (Wildman–Crippen MR) is 110 cm³/mol. The van der Waals surface area contributed by atoms with Crippen LogP contribution >= 0.6 is 0 Å². The van der Waals surface area contributed by atoms with E-state index < -0.39 is 19.6 Å². The van der Waals surface area contributed by atoms with Crippen molar-refractivity contribution in [3.8, 4) is 0 Å². The molecule has 8 heteroatoms. The fraction of sp³-hybridized carbons (Fsp3) is 0.850. The molecule has 4 atom stereocenters. The second kappa shape index (κ2) is 8.43. The highest BCUT2D eigenvalue weighted by Crippen LogP contribution is 2.38. The SMILES string of the molecule is C[C@@H](C=O)[C@H]1[C@@H]2CC[C@H](CN1C(=O)OCC[Si](C)(C)C)N2C(=O)OC(C)(C)C. The molecule has 28 heavy (non-hydrogen) atoms. The van der Waals surface area contributed by atoms with E-state index in [2.05, 4.69) is 19.6 Å². The Morgan fingerprint density at radius 1 is 1.18 bits per heavy atom. The van der Waals surface area contributed by atoms with Gasteiger partial charge in [-0.2, -0.15) is 0 Å². The number of ether oxygens (including phenoxy) is 2. The molecule has 7 nitrogen and oxygen atoms in total. The molecular weight excluding hydrogens is 376 g/mol. The summed E-state index contributed by atoms with van der Waals surface area (Å²) in [5, 5.41) is 0. The van der Waals surface area contributed by atoms with Gasteiger partial charge in [-0.1, -0.05) is 26.6 Å². The van der Waals surface area contributed by atoms with Crippen molar-refractivity contribution < 1.29 is 23.9 Å². The first kappa shape index (κ1) is 22.7. The Kier molecular flexibility index (Phi) is 6.84. The zero-order chi connectivity index (χ0) is 21.3. The summed E-state index contributed by atoms with van der Waals surface area (Å²) in [6, 6.07) is 0.193. The summed E-state index contributed by atoms with van der Waals surface area (Å²) >= 11 is 0. The molecule has 0 aliphatic carbocycles. The van der Waals surface area contributed by atoms with E-state index in [4.69, 9.17) is 9.47 Å². The Bertz CT molecular complexity index is 598. The summed E-state index contributed by atoms with van der Waals surface area (Å²) in [5.74, 6) is -0.390. The third kappa shape index (κ3) is 5.49. The highest BCUT2D eigenvalue weighted by atomic mass is 28.3. The van der Waals surface area contributed by atoms with Crippen LogP contribution in [0.25, 0.3) is 0 Å². The maximum atomic E-state index is 12.8. The quantitative estimate of drug-likeness (QED) is 0.508. The van der Waals surface area contributed by atoms with Crippen LogP contribution in [0.4, 0.5) is 9.59 Å². The average Bonchev–Trinajstić information content (AvgIpc) is 2.85. The zero-order valence-corrected chi connectivity index (χ0v) is 19.4. The summed E-state index contributed by atoms with van der Waals surface area (Å²) in [6.45, 7) is 14.8. The molecular formula is C20H36N2O5Si. The van der Waals surface area contributed by atoms with E-state index in [0.717, 1.165) is 25.2 Å².